The van der Waals surface area contributed by atoms with E-state index in [-0.39, 0.29) is 22.2 Å². The maximum atomic E-state index is 12.4. The van der Waals surface area contributed by atoms with Gasteiger partial charge in [0.1, 0.15) is 0 Å². The molecule has 1 aliphatic rings. The van der Waals surface area contributed by atoms with Crippen LogP contribution in [0.2, 0.25) is 0 Å². The number of aromatic amines is 2. The number of rotatable bonds is 2. The molecule has 0 amide bonds. The topological polar surface area (TPSA) is 97.8 Å². The highest BCUT2D eigenvalue weighted by Gasteiger charge is 2.32. The Hall–Kier alpha value is -2.99. The van der Waals surface area contributed by atoms with Crippen LogP contribution in [0, 0.1) is 5.41 Å². The Kier molecular flexibility index (Phi) is 4.37. The lowest BCUT2D eigenvalue weighted by Gasteiger charge is -2.13. The van der Waals surface area contributed by atoms with Gasteiger partial charge in [-0.2, -0.15) is 9.98 Å². The van der Waals surface area contributed by atoms with Crippen LogP contribution in [0.1, 0.15) is 26.3 Å². The Morgan fingerprint density at radius 3 is 2.56 bits per heavy atom. The first kappa shape index (κ1) is 16.9. The van der Waals surface area contributed by atoms with Crippen molar-refractivity contribution in [1.29, 1.82) is 0 Å². The monoisotopic (exact) mass is 339 g/mol. The molecular formula is C19H23N4O2+3. The number of hydrogen-bond donors (Lipinski definition) is 4. The molecule has 1 aromatic heterocycles. The van der Waals surface area contributed by atoms with Crippen LogP contribution in [0.3, 0.4) is 0 Å². The fourth-order valence-corrected chi connectivity index (χ4v) is 2.72. The summed E-state index contributed by atoms with van der Waals surface area (Å²) in [6.45, 7) is 6.32. The summed E-state index contributed by atoms with van der Waals surface area (Å²) in [5.74, 6) is -0.0847. The minimum atomic E-state index is -0.297. The van der Waals surface area contributed by atoms with Crippen molar-refractivity contribution in [3.8, 4) is 5.88 Å². The Balaban J connectivity index is 2.12. The van der Waals surface area contributed by atoms with Crippen molar-refractivity contribution in [2.24, 2.45) is 5.41 Å². The predicted molar refractivity (Wildman–Crippen MR) is 94.4 cm³/mol. The summed E-state index contributed by atoms with van der Waals surface area (Å²) in [4.78, 5) is 21.1. The SMILES string of the molecule is CC(C)(C)C1=C(/C=c2\[nH+]c(O)/c(=C/c3ccccc3)[nH]c2=O)[NH+]=C[NH2+]1. The lowest BCUT2D eigenvalue weighted by atomic mass is 9.91. The van der Waals surface area contributed by atoms with Crippen LogP contribution >= 0.6 is 0 Å². The number of H-pyrrole nitrogens is 2. The van der Waals surface area contributed by atoms with E-state index in [0.717, 1.165) is 17.0 Å². The van der Waals surface area contributed by atoms with Crippen LogP contribution in [0.15, 0.2) is 46.5 Å². The number of nitrogens with two attached hydrogens (primary N) is 1. The second-order valence-corrected chi connectivity index (χ2v) is 7.01. The third-order valence-electron chi connectivity index (χ3n) is 3.99. The summed E-state index contributed by atoms with van der Waals surface area (Å²) in [6.07, 6.45) is 5.27. The van der Waals surface area contributed by atoms with Gasteiger partial charge in [-0.3, -0.25) is 4.79 Å². The number of hydrogen-bond acceptors (Lipinski definition) is 2. The highest BCUT2D eigenvalue weighted by Crippen LogP contribution is 2.21. The van der Waals surface area contributed by atoms with Crippen LogP contribution in [-0.4, -0.2) is 16.4 Å². The van der Waals surface area contributed by atoms with Crippen molar-refractivity contribution in [1.82, 2.24) is 4.98 Å². The first-order valence-electron chi connectivity index (χ1n) is 8.15. The van der Waals surface area contributed by atoms with E-state index in [9.17, 15) is 9.90 Å². The Morgan fingerprint density at radius 2 is 1.88 bits per heavy atom. The zero-order valence-electron chi connectivity index (χ0n) is 14.6. The van der Waals surface area contributed by atoms with Gasteiger partial charge < -0.3 is 10.1 Å². The van der Waals surface area contributed by atoms with E-state index >= 15 is 0 Å². The fourth-order valence-electron chi connectivity index (χ4n) is 2.72. The van der Waals surface area contributed by atoms with Gasteiger partial charge >= 0.3 is 17.8 Å². The molecule has 0 saturated heterocycles. The molecule has 0 radical (unpaired) electrons. The molecule has 0 bridgehead atoms. The van der Waals surface area contributed by atoms with Gasteiger partial charge in [0.2, 0.25) is 0 Å². The zero-order valence-corrected chi connectivity index (χ0v) is 14.6. The van der Waals surface area contributed by atoms with Crippen LogP contribution in [0.4, 0.5) is 0 Å². The predicted octanol–water partition coefficient (Wildman–Crippen LogP) is -2.55. The molecule has 0 aliphatic carbocycles. The quantitative estimate of drug-likeness (QED) is 0.484. The van der Waals surface area contributed by atoms with Crippen LogP contribution in [0.5, 0.6) is 5.88 Å². The Morgan fingerprint density at radius 1 is 1.16 bits per heavy atom. The van der Waals surface area contributed by atoms with Gasteiger partial charge in [-0.15, -0.1) is 0 Å². The van der Waals surface area contributed by atoms with Crippen molar-refractivity contribution >= 4 is 18.5 Å². The molecule has 2 aromatic rings. The maximum absolute atomic E-state index is 12.4. The van der Waals surface area contributed by atoms with Crippen LogP contribution in [0.25, 0.3) is 12.2 Å². The van der Waals surface area contributed by atoms with Gasteiger partial charge in [0.25, 0.3) is 11.0 Å². The van der Waals surface area contributed by atoms with Crippen LogP contribution < -0.4 is 31.6 Å². The molecule has 6 heteroatoms. The number of benzene rings is 1. The molecule has 6 nitrogen and oxygen atoms in total. The molecule has 25 heavy (non-hydrogen) atoms. The molecule has 1 aromatic carbocycles. The molecule has 2 heterocycles. The minimum Gasteiger partial charge on any atom is -0.458 e. The summed E-state index contributed by atoms with van der Waals surface area (Å²) in [7, 11) is 0. The lowest BCUT2D eigenvalue weighted by molar-refractivity contribution is -0.512. The molecule has 0 unspecified atom stereocenters. The number of nitrogens with one attached hydrogen (secondary N) is 3. The van der Waals surface area contributed by atoms with Gasteiger partial charge in [-0.25, -0.2) is 5.32 Å². The van der Waals surface area contributed by atoms with Crippen molar-refractivity contribution in [3.63, 3.8) is 0 Å². The van der Waals surface area contributed by atoms with Gasteiger partial charge in [0.15, 0.2) is 11.0 Å². The smallest absolute Gasteiger partial charge is 0.388 e. The average Bonchev–Trinajstić information content (AvgIpc) is 3.02. The highest BCUT2D eigenvalue weighted by molar-refractivity contribution is 5.50. The van der Waals surface area contributed by atoms with Crippen molar-refractivity contribution in [3.05, 3.63) is 68.3 Å². The van der Waals surface area contributed by atoms with E-state index in [2.05, 4.69) is 35.7 Å². The fraction of sp³-hybridized carbons (Fsp3) is 0.211. The number of allylic oxidation sites excluding steroid dienone is 2. The molecule has 0 saturated carbocycles. The summed E-state index contributed by atoms with van der Waals surface area (Å²) in [6, 6.07) is 9.49. The number of aromatic nitrogens is 2. The number of quaternary nitrogens is 1. The zero-order chi connectivity index (χ0) is 18.0. The van der Waals surface area contributed by atoms with Gasteiger partial charge in [-0.1, -0.05) is 51.1 Å². The first-order chi connectivity index (χ1) is 11.8. The normalized spacial score (nSPS) is 16.1. The van der Waals surface area contributed by atoms with E-state index in [0.29, 0.717) is 5.35 Å². The van der Waals surface area contributed by atoms with E-state index < -0.39 is 0 Å². The third kappa shape index (κ3) is 3.75. The Bertz CT molecular complexity index is 1030. The van der Waals surface area contributed by atoms with Crippen molar-refractivity contribution in [2.45, 2.75) is 20.8 Å². The molecule has 3 rings (SSSR count). The summed E-state index contributed by atoms with van der Waals surface area (Å²) < 4.78 is 0. The minimum absolute atomic E-state index is 0.0539. The van der Waals surface area contributed by atoms with E-state index in [1.807, 2.05) is 42.0 Å². The van der Waals surface area contributed by atoms with Gasteiger partial charge in [-0.05, 0) is 11.6 Å². The molecule has 1 aliphatic heterocycles. The number of aromatic hydroxyl groups is 1. The van der Waals surface area contributed by atoms with E-state index in [4.69, 9.17) is 0 Å². The summed E-state index contributed by atoms with van der Waals surface area (Å²) in [5.41, 5.74) is 2.47. The second kappa shape index (κ2) is 6.49. The first-order valence-corrected chi connectivity index (χ1v) is 8.15. The van der Waals surface area contributed by atoms with E-state index in [1.165, 1.54) is 0 Å². The van der Waals surface area contributed by atoms with Gasteiger partial charge in [0.05, 0.1) is 6.08 Å². The van der Waals surface area contributed by atoms with Gasteiger partial charge in [0, 0.05) is 5.41 Å². The molecule has 6 N–H and O–H groups in total. The standard InChI is InChI=1S/C19H20N4O2/c1-19(2,3)16-13(20-11-21-16)10-15-18(25)22-14(17(24)23-15)9-12-7-5-4-6-8-12/h4-11H,1-3H3,(H,20,21)(H,22,25)(H,23,24)/p+3/b14-9-,15-10-. The third-order valence-corrected chi connectivity index (χ3v) is 3.99. The largest absolute Gasteiger partial charge is 0.458 e. The molecule has 0 fully saturated rings. The second-order valence-electron chi connectivity index (χ2n) is 7.01. The molecule has 0 spiro atoms. The van der Waals surface area contributed by atoms with Crippen LogP contribution in [-0.2, 0) is 0 Å². The van der Waals surface area contributed by atoms with Crippen molar-refractivity contribution in [2.75, 3.05) is 0 Å². The lowest BCUT2D eigenvalue weighted by Crippen LogP contribution is -2.86. The van der Waals surface area contributed by atoms with E-state index in [1.54, 1.807) is 12.2 Å². The Labute approximate surface area is 145 Å². The summed E-state index contributed by atoms with van der Waals surface area (Å²) >= 11 is 0. The average molecular weight is 339 g/mol. The summed E-state index contributed by atoms with van der Waals surface area (Å²) in [5, 5.41) is 12.9. The molecular weight excluding hydrogens is 316 g/mol. The highest BCUT2D eigenvalue weighted by atomic mass is 16.3. The molecule has 0 atom stereocenters. The van der Waals surface area contributed by atoms with Crippen molar-refractivity contribution < 1.29 is 20.4 Å². The molecule has 128 valence electrons. The maximum Gasteiger partial charge on any atom is 0.388 e.